The lowest BCUT2D eigenvalue weighted by molar-refractivity contribution is 0.0741. The van der Waals surface area contributed by atoms with Gasteiger partial charge in [0, 0.05) is 24.7 Å². The van der Waals surface area contributed by atoms with Crippen molar-refractivity contribution in [2.24, 2.45) is 11.5 Å². The Bertz CT molecular complexity index is 806. The molecular weight excluding hydrogens is 330 g/mol. The summed E-state index contributed by atoms with van der Waals surface area (Å²) in [6.07, 6.45) is 1.94. The van der Waals surface area contributed by atoms with Gasteiger partial charge in [-0.15, -0.1) is 0 Å². The fourth-order valence-electron chi connectivity index (χ4n) is 3.27. The maximum atomic E-state index is 12.8. The zero-order chi connectivity index (χ0) is 18.5. The van der Waals surface area contributed by atoms with Gasteiger partial charge in [0.2, 0.25) is 0 Å². The maximum Gasteiger partial charge on any atom is 0.254 e. The van der Waals surface area contributed by atoms with Crippen molar-refractivity contribution in [3.05, 3.63) is 65.2 Å². The number of benzene rings is 2. The van der Waals surface area contributed by atoms with E-state index in [0.717, 1.165) is 24.9 Å². The number of carbonyl (C=O) groups excluding carboxylic acids is 2. The van der Waals surface area contributed by atoms with Crippen molar-refractivity contribution in [3.8, 4) is 5.75 Å². The monoisotopic (exact) mass is 353 g/mol. The molecule has 0 radical (unpaired) electrons. The quantitative estimate of drug-likeness (QED) is 0.829. The Balaban J connectivity index is 1.72. The number of ether oxygens (including phenoxy) is 1. The summed E-state index contributed by atoms with van der Waals surface area (Å²) in [5.41, 5.74) is 12.9. The molecule has 1 aliphatic heterocycles. The summed E-state index contributed by atoms with van der Waals surface area (Å²) in [7, 11) is 0. The number of hydrogen-bond acceptors (Lipinski definition) is 4. The molecule has 3 rings (SSSR count). The molecule has 0 aromatic heterocycles. The topological polar surface area (TPSA) is 98.7 Å². The lowest BCUT2D eigenvalue weighted by Gasteiger charge is -2.23. The van der Waals surface area contributed by atoms with Gasteiger partial charge < -0.3 is 21.1 Å². The minimum absolute atomic E-state index is 0.00247. The van der Waals surface area contributed by atoms with Crippen LogP contribution in [-0.2, 0) is 6.61 Å². The summed E-state index contributed by atoms with van der Waals surface area (Å²) in [5, 5.41) is 0. The molecule has 1 fully saturated rings. The molecule has 0 spiro atoms. The first-order valence-electron chi connectivity index (χ1n) is 8.71. The van der Waals surface area contributed by atoms with Crippen molar-refractivity contribution in [2.75, 3.05) is 13.1 Å². The molecule has 136 valence electrons. The predicted molar refractivity (Wildman–Crippen MR) is 98.8 cm³/mol. The van der Waals surface area contributed by atoms with Gasteiger partial charge in [0.1, 0.15) is 12.4 Å². The van der Waals surface area contributed by atoms with Crippen molar-refractivity contribution in [1.29, 1.82) is 0 Å². The molecule has 6 nitrogen and oxygen atoms in total. The van der Waals surface area contributed by atoms with E-state index in [-0.39, 0.29) is 18.6 Å². The number of primary amides is 1. The molecule has 0 unspecified atom stereocenters. The van der Waals surface area contributed by atoms with Crippen molar-refractivity contribution >= 4 is 11.8 Å². The van der Waals surface area contributed by atoms with E-state index in [2.05, 4.69) is 0 Å². The summed E-state index contributed by atoms with van der Waals surface area (Å²) in [6.45, 7) is 1.47. The van der Waals surface area contributed by atoms with Gasteiger partial charge in [-0.2, -0.15) is 0 Å². The van der Waals surface area contributed by atoms with Crippen LogP contribution in [0.4, 0.5) is 0 Å². The Labute approximate surface area is 152 Å². The molecule has 4 N–H and O–H groups in total. The third-order valence-electron chi connectivity index (χ3n) is 4.63. The summed E-state index contributed by atoms with van der Waals surface area (Å²) >= 11 is 0. The van der Waals surface area contributed by atoms with Gasteiger partial charge in [-0.05, 0) is 42.7 Å². The molecule has 1 atom stereocenters. The Morgan fingerprint density at radius 1 is 1.15 bits per heavy atom. The van der Waals surface area contributed by atoms with Crippen molar-refractivity contribution in [2.45, 2.75) is 25.5 Å². The Morgan fingerprint density at radius 2 is 1.96 bits per heavy atom. The van der Waals surface area contributed by atoms with Crippen LogP contribution in [0, 0.1) is 0 Å². The normalized spacial score (nSPS) is 16.5. The van der Waals surface area contributed by atoms with Crippen LogP contribution in [0.1, 0.15) is 39.1 Å². The molecule has 2 aromatic carbocycles. The number of amides is 2. The second-order valence-electron chi connectivity index (χ2n) is 6.38. The molecule has 2 aromatic rings. The van der Waals surface area contributed by atoms with Gasteiger partial charge in [0.25, 0.3) is 11.8 Å². The minimum Gasteiger partial charge on any atom is -0.488 e. The zero-order valence-electron chi connectivity index (χ0n) is 14.6. The Morgan fingerprint density at radius 3 is 2.73 bits per heavy atom. The largest absolute Gasteiger partial charge is 0.488 e. The highest BCUT2D eigenvalue weighted by Crippen LogP contribution is 2.21. The van der Waals surface area contributed by atoms with E-state index in [1.807, 2.05) is 23.1 Å². The Hall–Kier alpha value is -2.86. The van der Waals surface area contributed by atoms with Gasteiger partial charge in [0.15, 0.2) is 0 Å². The van der Waals surface area contributed by atoms with Crippen molar-refractivity contribution < 1.29 is 14.3 Å². The second kappa shape index (κ2) is 8.01. The van der Waals surface area contributed by atoms with Crippen LogP contribution in [0.2, 0.25) is 0 Å². The fraction of sp³-hybridized carbons (Fsp3) is 0.300. The van der Waals surface area contributed by atoms with Crippen LogP contribution in [0.25, 0.3) is 0 Å². The second-order valence-corrected chi connectivity index (χ2v) is 6.38. The van der Waals surface area contributed by atoms with E-state index < -0.39 is 5.91 Å². The van der Waals surface area contributed by atoms with E-state index in [0.29, 0.717) is 23.4 Å². The predicted octanol–water partition coefficient (Wildman–Crippen LogP) is 1.93. The van der Waals surface area contributed by atoms with Crippen molar-refractivity contribution in [3.63, 3.8) is 0 Å². The van der Waals surface area contributed by atoms with E-state index in [1.54, 1.807) is 30.3 Å². The molecule has 0 saturated carbocycles. The molecule has 2 amide bonds. The highest BCUT2D eigenvalue weighted by Gasteiger charge is 2.28. The van der Waals surface area contributed by atoms with Gasteiger partial charge in [-0.25, -0.2) is 0 Å². The zero-order valence-corrected chi connectivity index (χ0v) is 14.6. The van der Waals surface area contributed by atoms with Gasteiger partial charge in [-0.1, -0.05) is 24.3 Å². The van der Waals surface area contributed by atoms with E-state index in [9.17, 15) is 9.59 Å². The van der Waals surface area contributed by atoms with Crippen LogP contribution >= 0.6 is 0 Å². The molecule has 1 aliphatic rings. The molecule has 1 heterocycles. The summed E-state index contributed by atoms with van der Waals surface area (Å²) in [5.74, 6) is -0.108. The third kappa shape index (κ3) is 3.86. The fourth-order valence-corrected chi connectivity index (χ4v) is 3.27. The molecule has 6 heteroatoms. The summed E-state index contributed by atoms with van der Waals surface area (Å²) < 4.78 is 5.74. The van der Waals surface area contributed by atoms with Crippen LogP contribution in [0.3, 0.4) is 0 Å². The number of rotatable bonds is 6. The van der Waals surface area contributed by atoms with Crippen LogP contribution < -0.4 is 16.2 Å². The first-order chi connectivity index (χ1) is 12.6. The van der Waals surface area contributed by atoms with Crippen LogP contribution in [0.5, 0.6) is 5.75 Å². The lowest BCUT2D eigenvalue weighted by Crippen LogP contribution is -2.39. The smallest absolute Gasteiger partial charge is 0.254 e. The lowest BCUT2D eigenvalue weighted by atomic mass is 10.1. The van der Waals surface area contributed by atoms with Crippen LogP contribution in [-0.4, -0.2) is 35.8 Å². The standard InChI is InChI=1S/C20H23N3O3/c21-12-16-7-4-10-23(16)20(25)15-6-3-5-14(11-15)13-26-18-9-2-1-8-17(18)19(22)24/h1-3,5-6,8-9,11,16H,4,7,10,12-13,21H2,(H2,22,24)/t16-/m1/s1. The highest BCUT2D eigenvalue weighted by molar-refractivity contribution is 5.95. The first kappa shape index (κ1) is 17.9. The number of hydrogen-bond donors (Lipinski definition) is 2. The first-order valence-corrected chi connectivity index (χ1v) is 8.71. The third-order valence-corrected chi connectivity index (χ3v) is 4.63. The average Bonchev–Trinajstić information content (AvgIpc) is 3.15. The van der Waals surface area contributed by atoms with E-state index >= 15 is 0 Å². The van der Waals surface area contributed by atoms with Gasteiger partial charge in [-0.3, -0.25) is 9.59 Å². The molecular formula is C20H23N3O3. The SMILES string of the molecule is NC[C@H]1CCCN1C(=O)c1cccc(COc2ccccc2C(N)=O)c1. The molecule has 0 aliphatic carbocycles. The number of nitrogens with two attached hydrogens (primary N) is 2. The van der Waals surface area contributed by atoms with Crippen LogP contribution in [0.15, 0.2) is 48.5 Å². The number of nitrogens with zero attached hydrogens (tertiary/aromatic N) is 1. The number of likely N-dealkylation sites (tertiary alicyclic amines) is 1. The highest BCUT2D eigenvalue weighted by atomic mass is 16.5. The minimum atomic E-state index is -0.536. The maximum absolute atomic E-state index is 12.8. The number of para-hydroxylation sites is 1. The molecule has 0 bridgehead atoms. The summed E-state index contributed by atoms with van der Waals surface area (Å²) in [6, 6.07) is 14.3. The van der Waals surface area contributed by atoms with Gasteiger partial charge in [0.05, 0.1) is 5.56 Å². The molecule has 26 heavy (non-hydrogen) atoms. The summed E-state index contributed by atoms with van der Waals surface area (Å²) in [4.78, 5) is 26.1. The average molecular weight is 353 g/mol. The van der Waals surface area contributed by atoms with Gasteiger partial charge >= 0.3 is 0 Å². The molecule has 1 saturated heterocycles. The van der Waals surface area contributed by atoms with E-state index in [1.165, 1.54) is 0 Å². The Kier molecular flexibility index (Phi) is 5.53. The van der Waals surface area contributed by atoms with E-state index in [4.69, 9.17) is 16.2 Å². The van der Waals surface area contributed by atoms with Crippen molar-refractivity contribution in [1.82, 2.24) is 4.90 Å². The number of carbonyl (C=O) groups is 2.